The van der Waals surface area contributed by atoms with Crippen molar-refractivity contribution in [2.45, 2.75) is 20.0 Å². The lowest BCUT2D eigenvalue weighted by molar-refractivity contribution is -0.140. The summed E-state index contributed by atoms with van der Waals surface area (Å²) in [4.78, 5) is 27.6. The van der Waals surface area contributed by atoms with Crippen LogP contribution in [0.3, 0.4) is 0 Å². The third-order valence-electron chi connectivity index (χ3n) is 6.99. The number of aromatic nitrogens is 2. The maximum absolute atomic E-state index is 13.6. The van der Waals surface area contributed by atoms with E-state index in [-0.39, 0.29) is 17.7 Å². The summed E-state index contributed by atoms with van der Waals surface area (Å²) in [6.45, 7) is 2.63. The van der Waals surface area contributed by atoms with Gasteiger partial charge >= 0.3 is 0 Å². The first kappa shape index (κ1) is 28.3. The molecule has 4 aromatic rings. The maximum Gasteiger partial charge on any atom is 0.271 e. The number of para-hydroxylation sites is 1. The third kappa shape index (κ3) is 6.07. The van der Waals surface area contributed by atoms with Gasteiger partial charge in [0.2, 0.25) is 0 Å². The van der Waals surface area contributed by atoms with E-state index in [9.17, 15) is 14.9 Å². The van der Waals surface area contributed by atoms with Crippen LogP contribution in [-0.2, 0) is 20.9 Å². The smallest absolute Gasteiger partial charge is 0.271 e. The second-order valence-corrected chi connectivity index (χ2v) is 9.79. The molecule has 0 fully saturated rings. The molecule has 0 spiro atoms. The molecule has 42 heavy (non-hydrogen) atoms. The molecule has 8 nitrogen and oxygen atoms in total. The molecule has 0 radical (unpaired) electrons. The average molecular weight is 559 g/mol. The monoisotopic (exact) mass is 558 g/mol. The van der Waals surface area contributed by atoms with Crippen molar-refractivity contribution in [2.24, 2.45) is 0 Å². The van der Waals surface area contributed by atoms with Crippen LogP contribution in [0.1, 0.15) is 24.5 Å². The summed E-state index contributed by atoms with van der Waals surface area (Å²) in [6, 6.07) is 29.2. The van der Waals surface area contributed by atoms with Crippen LogP contribution in [0.5, 0.6) is 5.75 Å². The van der Waals surface area contributed by atoms with E-state index in [0.717, 1.165) is 27.5 Å². The summed E-state index contributed by atoms with van der Waals surface area (Å²) >= 11 is 0. The summed E-state index contributed by atoms with van der Waals surface area (Å²) in [5, 5.41) is 14.6. The van der Waals surface area contributed by atoms with E-state index in [1.165, 1.54) is 0 Å². The maximum atomic E-state index is 13.6. The first-order valence-electron chi connectivity index (χ1n) is 13.6. The molecule has 0 aliphatic carbocycles. The normalized spacial score (nSPS) is 14.4. The molecule has 0 bridgehead atoms. The number of hydrogen-bond acceptors (Lipinski definition) is 6. The van der Waals surface area contributed by atoms with Crippen LogP contribution in [0.15, 0.2) is 108 Å². The largest absolute Gasteiger partial charge is 0.489 e. The Labute approximate surface area is 244 Å². The number of methoxy groups -OCH3 is 1. The molecule has 1 aromatic heterocycles. The van der Waals surface area contributed by atoms with Crippen molar-refractivity contribution in [1.29, 1.82) is 5.26 Å². The molecule has 1 aliphatic heterocycles. The van der Waals surface area contributed by atoms with Gasteiger partial charge in [0.05, 0.1) is 11.4 Å². The number of carbonyl (C=O) groups excluding carboxylic acids is 2. The quantitative estimate of drug-likeness (QED) is 0.140. The number of hydrogen-bond donors (Lipinski definition) is 0. The molecular weight excluding hydrogens is 528 g/mol. The van der Waals surface area contributed by atoms with E-state index in [1.54, 1.807) is 24.8 Å². The topological polar surface area (TPSA) is 97.5 Å². The van der Waals surface area contributed by atoms with Gasteiger partial charge < -0.3 is 9.47 Å². The highest BCUT2D eigenvalue weighted by atomic mass is 16.5. The van der Waals surface area contributed by atoms with Crippen molar-refractivity contribution in [3.05, 3.63) is 119 Å². The minimum absolute atomic E-state index is 0.0461. The number of benzene rings is 3. The van der Waals surface area contributed by atoms with Crippen molar-refractivity contribution in [1.82, 2.24) is 14.7 Å². The molecule has 0 unspecified atom stereocenters. The lowest BCUT2D eigenvalue weighted by atomic mass is 9.93. The molecule has 0 N–H and O–H groups in total. The molecule has 2 amide bonds. The van der Waals surface area contributed by atoms with Crippen molar-refractivity contribution in [2.75, 3.05) is 20.3 Å². The Hall–Kier alpha value is -5.26. The van der Waals surface area contributed by atoms with Gasteiger partial charge in [0.15, 0.2) is 0 Å². The highest BCUT2D eigenvalue weighted by Crippen LogP contribution is 2.32. The predicted molar refractivity (Wildman–Crippen MR) is 159 cm³/mol. The number of amides is 2. The van der Waals surface area contributed by atoms with Crippen LogP contribution in [0.4, 0.5) is 0 Å². The lowest BCUT2D eigenvalue weighted by Crippen LogP contribution is -2.43. The van der Waals surface area contributed by atoms with Crippen LogP contribution >= 0.6 is 0 Å². The fraction of sp³-hybridized carbons (Fsp3) is 0.176. The van der Waals surface area contributed by atoms with Gasteiger partial charge in [0.25, 0.3) is 11.8 Å². The Morgan fingerprint density at radius 3 is 2.29 bits per heavy atom. The molecule has 8 heteroatoms. The van der Waals surface area contributed by atoms with Crippen molar-refractivity contribution >= 4 is 17.9 Å². The van der Waals surface area contributed by atoms with Crippen molar-refractivity contribution < 1.29 is 19.1 Å². The van der Waals surface area contributed by atoms with Crippen LogP contribution in [0.2, 0.25) is 0 Å². The third-order valence-corrected chi connectivity index (χ3v) is 6.99. The van der Waals surface area contributed by atoms with Gasteiger partial charge in [-0.15, -0.1) is 0 Å². The number of carbonyl (C=O) groups is 2. The summed E-state index contributed by atoms with van der Waals surface area (Å²) in [5.41, 5.74) is 4.63. The summed E-state index contributed by atoms with van der Waals surface area (Å²) in [7, 11) is 1.56. The van der Waals surface area contributed by atoms with Gasteiger partial charge in [-0.1, -0.05) is 48.5 Å². The van der Waals surface area contributed by atoms with Gasteiger partial charge in [-0.25, -0.2) is 4.68 Å². The Morgan fingerprint density at radius 1 is 0.929 bits per heavy atom. The number of imide groups is 1. The first-order chi connectivity index (χ1) is 20.5. The molecule has 210 valence electrons. The minimum Gasteiger partial charge on any atom is -0.489 e. The zero-order chi connectivity index (χ0) is 29.5. The molecule has 3 aromatic carbocycles. The van der Waals surface area contributed by atoms with E-state index in [1.807, 2.05) is 97.2 Å². The van der Waals surface area contributed by atoms with Gasteiger partial charge in [-0.05, 0) is 67.0 Å². The van der Waals surface area contributed by atoms with Crippen molar-refractivity contribution in [3.8, 4) is 28.8 Å². The molecule has 0 saturated carbocycles. The van der Waals surface area contributed by atoms with E-state index in [2.05, 4.69) is 0 Å². The zero-order valence-electron chi connectivity index (χ0n) is 23.5. The van der Waals surface area contributed by atoms with Crippen LogP contribution in [0, 0.1) is 11.3 Å². The molecule has 0 atom stereocenters. The Kier molecular flexibility index (Phi) is 8.71. The van der Waals surface area contributed by atoms with Gasteiger partial charge in [0.1, 0.15) is 24.0 Å². The van der Waals surface area contributed by atoms with E-state index >= 15 is 0 Å². The summed E-state index contributed by atoms with van der Waals surface area (Å²) in [5.74, 6) is -0.315. The van der Waals surface area contributed by atoms with E-state index in [0.29, 0.717) is 36.5 Å². The van der Waals surface area contributed by atoms with Crippen LogP contribution in [0.25, 0.3) is 23.0 Å². The Bertz CT molecular complexity index is 1680. The predicted octanol–water partition coefficient (Wildman–Crippen LogP) is 5.75. The SMILES string of the molecule is COCCCN1C(=O)C(C#N)=C(C)/C(=C\c2cn(-c3ccccc3)nc2-c2ccc(OCc3ccccc3)cc2)C1=O. The Balaban J connectivity index is 1.53. The van der Waals surface area contributed by atoms with Gasteiger partial charge in [0, 0.05) is 43.2 Å². The molecular formula is C34H30N4O4. The number of rotatable bonds is 10. The highest BCUT2D eigenvalue weighted by molar-refractivity contribution is 6.19. The molecule has 5 rings (SSSR count). The van der Waals surface area contributed by atoms with E-state index in [4.69, 9.17) is 14.6 Å². The number of nitrogens with zero attached hydrogens (tertiary/aromatic N) is 4. The number of nitriles is 1. The Morgan fingerprint density at radius 2 is 1.62 bits per heavy atom. The second kappa shape index (κ2) is 12.9. The second-order valence-electron chi connectivity index (χ2n) is 9.79. The molecule has 1 aliphatic rings. The van der Waals surface area contributed by atoms with Crippen LogP contribution < -0.4 is 4.74 Å². The fourth-order valence-corrected chi connectivity index (χ4v) is 4.74. The van der Waals surface area contributed by atoms with Crippen LogP contribution in [-0.4, -0.2) is 46.8 Å². The minimum atomic E-state index is -0.584. The molecule has 2 heterocycles. The number of ether oxygens (including phenoxy) is 2. The summed E-state index contributed by atoms with van der Waals surface area (Å²) < 4.78 is 12.8. The van der Waals surface area contributed by atoms with Crippen molar-refractivity contribution in [3.63, 3.8) is 0 Å². The van der Waals surface area contributed by atoms with Gasteiger partial charge in [-0.3, -0.25) is 14.5 Å². The standard InChI is InChI=1S/C34H30N4O4/c1-24-30(33(39)37(18-9-19-41-2)34(40)31(24)21-35)20-27-22-38(28-12-7-4-8-13-28)36-32(27)26-14-16-29(17-15-26)42-23-25-10-5-3-6-11-25/h3-8,10-17,20,22H,9,18-19,23H2,1-2H3/b30-20+. The lowest BCUT2D eigenvalue weighted by Gasteiger charge is -2.27. The zero-order valence-corrected chi connectivity index (χ0v) is 23.5. The average Bonchev–Trinajstić information content (AvgIpc) is 3.45. The first-order valence-corrected chi connectivity index (χ1v) is 13.6. The van der Waals surface area contributed by atoms with E-state index < -0.39 is 11.8 Å². The highest BCUT2D eigenvalue weighted by Gasteiger charge is 2.35. The molecule has 0 saturated heterocycles. The summed E-state index contributed by atoms with van der Waals surface area (Å²) in [6.07, 6.45) is 4.02. The fourth-order valence-electron chi connectivity index (χ4n) is 4.74. The van der Waals surface area contributed by atoms with Gasteiger partial charge in [-0.2, -0.15) is 10.4 Å².